The Bertz CT molecular complexity index is 2360. The summed E-state index contributed by atoms with van der Waals surface area (Å²) in [5.74, 6) is -1.40. The highest BCUT2D eigenvalue weighted by Gasteiger charge is 2.39. The summed E-state index contributed by atoms with van der Waals surface area (Å²) in [7, 11) is 0. The highest BCUT2D eigenvalue weighted by Crippen LogP contribution is 2.31. The maximum Gasteiger partial charge on any atom is 0.389 e. The van der Waals surface area contributed by atoms with Gasteiger partial charge in [0.15, 0.2) is 5.54 Å². The third-order valence-electron chi connectivity index (χ3n) is 10.0. The lowest BCUT2D eigenvalue weighted by Crippen LogP contribution is -2.36. The van der Waals surface area contributed by atoms with E-state index in [4.69, 9.17) is 4.99 Å². The Morgan fingerprint density at radius 3 is 2.25 bits per heavy atom. The number of H-pyrrole nitrogens is 2. The molecule has 1 amide bonds. The summed E-state index contributed by atoms with van der Waals surface area (Å²) in [4.78, 5) is 42.7. The fraction of sp³-hybridized carbons (Fsp3) is 0.273. The summed E-state index contributed by atoms with van der Waals surface area (Å²) in [6.45, 7) is 0. The molecule has 0 saturated carbocycles. The van der Waals surface area contributed by atoms with E-state index in [2.05, 4.69) is 32.4 Å². The number of benzene rings is 2. The second-order valence-corrected chi connectivity index (χ2v) is 14.3. The number of nitrogens with zero attached hydrogens (tertiary/aromatic N) is 2. The van der Waals surface area contributed by atoms with Crippen LogP contribution in [-0.2, 0) is 17.6 Å². The van der Waals surface area contributed by atoms with Gasteiger partial charge in [-0.05, 0) is 103 Å². The number of halogens is 3. The number of anilines is 1. The zero-order valence-electron chi connectivity index (χ0n) is 30.3. The predicted octanol–water partition coefficient (Wildman–Crippen LogP) is 8.49. The zero-order chi connectivity index (χ0) is 38.4. The molecule has 0 spiro atoms. The van der Waals surface area contributed by atoms with Crippen LogP contribution in [0.1, 0.15) is 78.7 Å². The van der Waals surface area contributed by atoms with Gasteiger partial charge in [-0.25, -0.2) is 9.79 Å². The van der Waals surface area contributed by atoms with E-state index in [0.717, 1.165) is 66.1 Å². The van der Waals surface area contributed by atoms with Crippen LogP contribution in [0.3, 0.4) is 0 Å². The Kier molecular flexibility index (Phi) is 11.0. The number of carboxylic acid groups (broad SMARTS) is 1. The topological polar surface area (TPSA) is 123 Å². The number of aryl methyl sites for hydroxylation is 1. The number of hydrogen-bond acceptors (Lipinski definition) is 4. The van der Waals surface area contributed by atoms with Crippen LogP contribution < -0.4 is 16.0 Å². The number of carbonyl (C=O) groups is 2. The van der Waals surface area contributed by atoms with Gasteiger partial charge < -0.3 is 20.4 Å². The van der Waals surface area contributed by atoms with E-state index in [1.165, 1.54) is 5.56 Å². The largest absolute Gasteiger partial charge is 0.479 e. The van der Waals surface area contributed by atoms with Gasteiger partial charge in [-0.2, -0.15) is 13.2 Å². The molecule has 0 unspecified atom stereocenters. The monoisotopic (exact) mass is 745 g/mol. The predicted molar refractivity (Wildman–Crippen MR) is 211 cm³/mol. The van der Waals surface area contributed by atoms with Crippen LogP contribution in [0, 0.1) is 0 Å². The molecule has 4 aromatic rings. The average Bonchev–Trinajstić information content (AvgIpc) is 3.96. The first kappa shape index (κ1) is 37.3. The van der Waals surface area contributed by atoms with E-state index in [9.17, 15) is 27.9 Å². The minimum atomic E-state index is -4.06. The third kappa shape index (κ3) is 9.40. The summed E-state index contributed by atoms with van der Waals surface area (Å²) >= 11 is 0. The SMILES string of the molecule is O=C(Nc1cc2[nH]c1C=C1C=CC(=N1)C=c1ccc([nH]1)=CC1=N[C@](C(=O)O)(C=C1)C2)c1ccccc1-c1ccc(CCCCCCCCCC(F)(F)F)cc1. The first-order valence-corrected chi connectivity index (χ1v) is 18.7. The second kappa shape index (κ2) is 16.2. The number of nitrogens with one attached hydrogen (secondary N) is 3. The highest BCUT2D eigenvalue weighted by atomic mass is 19.4. The molecule has 0 saturated heterocycles. The fourth-order valence-electron chi connectivity index (χ4n) is 7.16. The molecule has 0 aliphatic carbocycles. The van der Waals surface area contributed by atoms with Crippen molar-refractivity contribution >= 4 is 47.2 Å². The van der Waals surface area contributed by atoms with Crippen molar-refractivity contribution in [3.63, 3.8) is 0 Å². The molecule has 282 valence electrons. The molecule has 11 heteroatoms. The number of allylic oxidation sites excluding steroid dienone is 3. The van der Waals surface area contributed by atoms with E-state index < -0.39 is 24.1 Å². The molecular weight excluding hydrogens is 704 g/mol. The molecule has 55 heavy (non-hydrogen) atoms. The summed E-state index contributed by atoms with van der Waals surface area (Å²) < 4.78 is 36.9. The van der Waals surface area contributed by atoms with E-state index in [1.807, 2.05) is 66.8 Å². The lowest BCUT2D eigenvalue weighted by atomic mass is 9.95. The number of aliphatic carboxylic acids is 1. The van der Waals surface area contributed by atoms with Crippen molar-refractivity contribution in [3.8, 4) is 11.1 Å². The Morgan fingerprint density at radius 1 is 0.800 bits per heavy atom. The van der Waals surface area contributed by atoms with Gasteiger partial charge in [0.25, 0.3) is 5.91 Å². The number of amides is 1. The number of carboxylic acids is 1. The maximum absolute atomic E-state index is 14.0. The van der Waals surface area contributed by atoms with Gasteiger partial charge in [0, 0.05) is 34.8 Å². The van der Waals surface area contributed by atoms with Gasteiger partial charge in [0.05, 0.1) is 28.5 Å². The average molecular weight is 746 g/mol. The number of aromatic amines is 2. The van der Waals surface area contributed by atoms with Gasteiger partial charge in [-0.15, -0.1) is 0 Å². The Morgan fingerprint density at radius 2 is 1.51 bits per heavy atom. The standard InChI is InChI=1S/C44H42F3N5O3/c45-44(46,47)22-9-5-3-1-2-4-6-10-29-13-15-30(16-14-29)37-11-7-8-12-38(37)41(53)51-40-27-36-28-43(42(54)55)23-21-35(52-43)25-33-18-17-31(48-33)24-32-19-20-34(49-32)26-39(40)50-36/h7-8,11-21,23-27,48,50H,1-6,9-10,22,28H2,(H,51,53)(H,54,55)/t43-/m1/s1. The van der Waals surface area contributed by atoms with Crippen molar-refractivity contribution in [3.05, 3.63) is 130 Å². The van der Waals surface area contributed by atoms with Crippen molar-refractivity contribution in [2.75, 3.05) is 5.32 Å². The van der Waals surface area contributed by atoms with Crippen molar-refractivity contribution in [1.82, 2.24) is 9.97 Å². The van der Waals surface area contributed by atoms with Gasteiger partial charge in [-0.1, -0.05) is 74.6 Å². The number of carbonyl (C=O) groups excluding carboxylic acids is 1. The molecule has 8 bridgehead atoms. The minimum absolute atomic E-state index is 0.0324. The van der Waals surface area contributed by atoms with Crippen molar-refractivity contribution in [2.45, 2.75) is 75.9 Å². The molecule has 7 rings (SSSR count). The van der Waals surface area contributed by atoms with E-state index in [1.54, 1.807) is 30.4 Å². The first-order chi connectivity index (χ1) is 26.5. The van der Waals surface area contributed by atoms with Gasteiger partial charge in [0.2, 0.25) is 0 Å². The molecule has 4 N–H and O–H groups in total. The van der Waals surface area contributed by atoms with Crippen LogP contribution >= 0.6 is 0 Å². The smallest absolute Gasteiger partial charge is 0.389 e. The molecule has 3 aliphatic rings. The normalized spacial score (nSPS) is 17.3. The highest BCUT2D eigenvalue weighted by molar-refractivity contribution is 6.20. The molecule has 0 radical (unpaired) electrons. The summed E-state index contributed by atoms with van der Waals surface area (Å²) in [5, 5.41) is 15.1. The van der Waals surface area contributed by atoms with Crippen LogP contribution in [0.2, 0.25) is 0 Å². The number of rotatable bonds is 13. The summed E-state index contributed by atoms with van der Waals surface area (Å²) in [6, 6.07) is 21.2. The Labute approximate surface area is 316 Å². The van der Waals surface area contributed by atoms with Crippen LogP contribution in [0.15, 0.2) is 107 Å². The molecule has 1 atom stereocenters. The Balaban J connectivity index is 1.06. The number of alkyl halides is 3. The quantitative estimate of drug-likeness (QED) is 0.103. The summed E-state index contributed by atoms with van der Waals surface area (Å²) in [6.07, 6.45) is 14.5. The van der Waals surface area contributed by atoms with E-state index >= 15 is 0 Å². The molecule has 8 nitrogen and oxygen atoms in total. The van der Waals surface area contributed by atoms with E-state index in [-0.39, 0.29) is 18.7 Å². The van der Waals surface area contributed by atoms with Crippen LogP contribution in [0.25, 0.3) is 29.4 Å². The van der Waals surface area contributed by atoms with Crippen molar-refractivity contribution in [1.29, 1.82) is 0 Å². The van der Waals surface area contributed by atoms with Crippen LogP contribution in [-0.4, -0.2) is 50.1 Å². The number of unbranched alkanes of at least 4 members (excludes halogenated alkanes) is 6. The molecular formula is C44H42F3N5O3. The second-order valence-electron chi connectivity index (χ2n) is 14.3. The lowest BCUT2D eigenvalue weighted by molar-refractivity contribution is -0.141. The number of fused-ring (bicyclic) bond motifs is 6. The number of aromatic nitrogens is 2. The summed E-state index contributed by atoms with van der Waals surface area (Å²) in [5.41, 5.74) is 5.39. The van der Waals surface area contributed by atoms with Gasteiger partial charge in [-0.3, -0.25) is 9.79 Å². The molecule has 3 aliphatic heterocycles. The molecule has 2 aromatic heterocycles. The molecule has 0 fully saturated rings. The molecule has 5 heterocycles. The van der Waals surface area contributed by atoms with E-state index in [0.29, 0.717) is 40.5 Å². The third-order valence-corrected chi connectivity index (χ3v) is 10.0. The van der Waals surface area contributed by atoms with Gasteiger partial charge in [0.1, 0.15) is 0 Å². The first-order valence-electron chi connectivity index (χ1n) is 18.7. The molecule has 2 aromatic carbocycles. The Hall–Kier alpha value is -5.97. The van der Waals surface area contributed by atoms with Gasteiger partial charge >= 0.3 is 12.1 Å². The van der Waals surface area contributed by atoms with Crippen LogP contribution in [0.4, 0.5) is 18.9 Å². The number of aliphatic imine (C=N–C) groups is 2. The fourth-order valence-corrected chi connectivity index (χ4v) is 7.16. The van der Waals surface area contributed by atoms with Crippen LogP contribution in [0.5, 0.6) is 0 Å². The minimum Gasteiger partial charge on any atom is -0.479 e. The van der Waals surface area contributed by atoms with Crippen molar-refractivity contribution < 1.29 is 27.9 Å². The number of hydrogen-bond donors (Lipinski definition) is 4. The van der Waals surface area contributed by atoms with Crippen molar-refractivity contribution in [2.24, 2.45) is 9.98 Å². The lowest BCUT2D eigenvalue weighted by Gasteiger charge is -2.18. The maximum atomic E-state index is 14.0. The zero-order valence-corrected chi connectivity index (χ0v) is 30.3.